The number of carboxylic acid groups (broad SMARTS) is 1. The van der Waals surface area contributed by atoms with Crippen LogP contribution in [0.3, 0.4) is 0 Å². The number of hydrogen-bond donors (Lipinski definition) is 2. The lowest BCUT2D eigenvalue weighted by atomic mass is 10.2. The molecule has 0 bridgehead atoms. The van der Waals surface area contributed by atoms with Crippen molar-refractivity contribution in [3.05, 3.63) is 0 Å². The maximum atomic E-state index is 12.0. The molecule has 1 amide bonds. The summed E-state index contributed by atoms with van der Waals surface area (Å²) in [5.41, 5.74) is -0.547. The van der Waals surface area contributed by atoms with Gasteiger partial charge in [-0.2, -0.15) is 0 Å². The summed E-state index contributed by atoms with van der Waals surface area (Å²) in [4.78, 5) is 24.0. The second-order valence-electron chi connectivity index (χ2n) is 5.46. The van der Waals surface area contributed by atoms with E-state index < -0.39 is 17.7 Å². The van der Waals surface area contributed by atoms with Crippen LogP contribution in [-0.2, 0) is 14.3 Å². The van der Waals surface area contributed by atoms with E-state index in [1.807, 2.05) is 0 Å². The second kappa shape index (κ2) is 6.72. The lowest BCUT2D eigenvalue weighted by Gasteiger charge is -2.27. The highest BCUT2D eigenvalue weighted by molar-refractivity contribution is 5.68. The maximum Gasteiger partial charge on any atom is 0.410 e. The Morgan fingerprint density at radius 3 is 2.68 bits per heavy atom. The average molecular weight is 274 g/mol. The third kappa shape index (κ3) is 6.40. The van der Waals surface area contributed by atoms with E-state index in [2.05, 4.69) is 5.32 Å². The monoisotopic (exact) mass is 274 g/mol. The van der Waals surface area contributed by atoms with Crippen molar-refractivity contribution in [1.82, 2.24) is 10.2 Å². The zero-order valence-corrected chi connectivity index (χ0v) is 11.6. The van der Waals surface area contributed by atoms with Crippen molar-refractivity contribution >= 4 is 12.1 Å². The van der Waals surface area contributed by atoms with Gasteiger partial charge in [0, 0.05) is 19.6 Å². The largest absolute Gasteiger partial charge is 0.480 e. The van der Waals surface area contributed by atoms with Crippen LogP contribution in [0.15, 0.2) is 0 Å². The molecule has 1 rings (SSSR count). The summed E-state index contributed by atoms with van der Waals surface area (Å²) in [6, 6.07) is 0. The zero-order chi connectivity index (χ0) is 14.5. The van der Waals surface area contributed by atoms with Gasteiger partial charge in [0.25, 0.3) is 0 Å². The predicted octanol–water partition coefficient (Wildman–Crippen LogP) is 0.297. The summed E-state index contributed by atoms with van der Waals surface area (Å²) >= 11 is 0. The highest BCUT2D eigenvalue weighted by atomic mass is 16.6. The van der Waals surface area contributed by atoms with E-state index in [-0.39, 0.29) is 12.7 Å². The van der Waals surface area contributed by atoms with E-state index in [0.717, 1.165) is 0 Å². The van der Waals surface area contributed by atoms with Crippen LogP contribution in [0, 0.1) is 0 Å². The van der Waals surface area contributed by atoms with Gasteiger partial charge in [0.15, 0.2) is 0 Å². The van der Waals surface area contributed by atoms with Crippen molar-refractivity contribution in [3.8, 4) is 0 Å². The summed E-state index contributed by atoms with van der Waals surface area (Å²) in [6.45, 7) is 7.04. The molecular formula is C12H22N2O5. The number of aliphatic carboxylic acids is 1. The maximum absolute atomic E-state index is 12.0. The van der Waals surface area contributed by atoms with Crippen LogP contribution in [0.5, 0.6) is 0 Å². The van der Waals surface area contributed by atoms with Crippen LogP contribution in [0.4, 0.5) is 4.79 Å². The van der Waals surface area contributed by atoms with Crippen LogP contribution >= 0.6 is 0 Å². The molecule has 0 aromatic carbocycles. The van der Waals surface area contributed by atoms with Crippen LogP contribution in [0.1, 0.15) is 20.8 Å². The summed E-state index contributed by atoms with van der Waals surface area (Å²) in [7, 11) is 0. The quantitative estimate of drug-likeness (QED) is 0.769. The van der Waals surface area contributed by atoms with Gasteiger partial charge >= 0.3 is 12.1 Å². The van der Waals surface area contributed by atoms with Crippen LogP contribution in [-0.4, -0.2) is 66.6 Å². The Morgan fingerprint density at radius 2 is 2.11 bits per heavy atom. The normalized spacial score (nSPS) is 20.8. The molecule has 19 heavy (non-hydrogen) atoms. The molecule has 7 heteroatoms. The third-order valence-corrected chi connectivity index (χ3v) is 2.45. The third-order valence-electron chi connectivity index (χ3n) is 2.45. The van der Waals surface area contributed by atoms with Crippen molar-refractivity contribution in [3.63, 3.8) is 0 Å². The van der Waals surface area contributed by atoms with Crippen molar-refractivity contribution < 1.29 is 24.2 Å². The Hall–Kier alpha value is -1.34. The number of nitrogens with zero attached hydrogens (tertiary/aromatic N) is 1. The molecule has 110 valence electrons. The van der Waals surface area contributed by atoms with E-state index in [9.17, 15) is 9.59 Å². The zero-order valence-electron chi connectivity index (χ0n) is 11.6. The number of nitrogens with one attached hydrogen (secondary N) is 1. The Kier molecular flexibility index (Phi) is 5.56. The molecule has 0 saturated carbocycles. The SMILES string of the molecule is CC(C)(C)OC(=O)N1CCNCC(OCC(=O)O)C1. The Labute approximate surface area is 112 Å². The predicted molar refractivity (Wildman–Crippen MR) is 68.1 cm³/mol. The van der Waals surface area contributed by atoms with Crippen molar-refractivity contribution in [2.24, 2.45) is 0 Å². The molecule has 1 unspecified atom stereocenters. The first kappa shape index (κ1) is 15.7. The van der Waals surface area contributed by atoms with Crippen LogP contribution in [0.2, 0.25) is 0 Å². The Morgan fingerprint density at radius 1 is 1.42 bits per heavy atom. The fourth-order valence-corrected chi connectivity index (χ4v) is 1.67. The van der Waals surface area contributed by atoms with Gasteiger partial charge in [0.05, 0.1) is 12.6 Å². The number of carbonyl (C=O) groups is 2. The van der Waals surface area contributed by atoms with Crippen LogP contribution < -0.4 is 5.32 Å². The minimum absolute atomic E-state index is 0.329. The molecule has 1 saturated heterocycles. The number of ether oxygens (including phenoxy) is 2. The standard InChI is InChI=1S/C12H22N2O5/c1-12(2,3)19-11(17)14-5-4-13-6-9(7-14)18-8-10(15)16/h9,13H,4-8H2,1-3H3,(H,15,16). The lowest BCUT2D eigenvalue weighted by Crippen LogP contribution is -2.42. The smallest absolute Gasteiger partial charge is 0.410 e. The van der Waals surface area contributed by atoms with Gasteiger partial charge in [-0.05, 0) is 20.8 Å². The number of rotatable bonds is 3. The fraction of sp³-hybridized carbons (Fsp3) is 0.833. The molecular weight excluding hydrogens is 252 g/mol. The molecule has 0 aromatic rings. The average Bonchev–Trinajstić information content (AvgIpc) is 2.49. The van der Waals surface area contributed by atoms with E-state index >= 15 is 0 Å². The number of carboxylic acids is 1. The van der Waals surface area contributed by atoms with E-state index in [4.69, 9.17) is 14.6 Å². The van der Waals surface area contributed by atoms with E-state index in [0.29, 0.717) is 26.2 Å². The first-order chi connectivity index (χ1) is 8.78. The highest BCUT2D eigenvalue weighted by Crippen LogP contribution is 2.11. The van der Waals surface area contributed by atoms with Gasteiger partial charge < -0.3 is 24.8 Å². The van der Waals surface area contributed by atoms with Crippen molar-refractivity contribution in [2.75, 3.05) is 32.8 Å². The minimum atomic E-state index is -1.02. The highest BCUT2D eigenvalue weighted by Gasteiger charge is 2.26. The number of hydrogen-bond acceptors (Lipinski definition) is 5. The molecule has 1 fully saturated rings. The second-order valence-corrected chi connectivity index (χ2v) is 5.46. The van der Waals surface area contributed by atoms with Gasteiger partial charge in [-0.1, -0.05) is 0 Å². The molecule has 0 aliphatic carbocycles. The topological polar surface area (TPSA) is 88.1 Å². The first-order valence-electron chi connectivity index (χ1n) is 6.30. The first-order valence-corrected chi connectivity index (χ1v) is 6.30. The molecule has 7 nitrogen and oxygen atoms in total. The minimum Gasteiger partial charge on any atom is -0.480 e. The summed E-state index contributed by atoms with van der Waals surface area (Å²) in [5, 5.41) is 11.7. The molecule has 2 N–H and O–H groups in total. The summed E-state index contributed by atoms with van der Waals surface area (Å²) in [5.74, 6) is -1.02. The van der Waals surface area contributed by atoms with Crippen LogP contribution in [0.25, 0.3) is 0 Å². The molecule has 1 heterocycles. The van der Waals surface area contributed by atoms with E-state index in [1.54, 1.807) is 20.8 Å². The van der Waals surface area contributed by atoms with Gasteiger partial charge in [0.2, 0.25) is 0 Å². The molecule has 1 aliphatic heterocycles. The van der Waals surface area contributed by atoms with Crippen molar-refractivity contribution in [1.29, 1.82) is 0 Å². The molecule has 0 aromatic heterocycles. The molecule has 0 radical (unpaired) electrons. The molecule has 1 aliphatic rings. The van der Waals surface area contributed by atoms with Gasteiger partial charge in [-0.15, -0.1) is 0 Å². The molecule has 1 atom stereocenters. The number of amides is 1. The summed E-state index contributed by atoms with van der Waals surface area (Å²) in [6.07, 6.45) is -0.744. The fourth-order valence-electron chi connectivity index (χ4n) is 1.67. The lowest BCUT2D eigenvalue weighted by molar-refractivity contribution is -0.144. The van der Waals surface area contributed by atoms with Gasteiger partial charge in [0.1, 0.15) is 12.2 Å². The van der Waals surface area contributed by atoms with Gasteiger partial charge in [-0.3, -0.25) is 0 Å². The Balaban J connectivity index is 2.52. The summed E-state index contributed by atoms with van der Waals surface area (Å²) < 4.78 is 10.5. The number of carbonyl (C=O) groups excluding carboxylic acids is 1. The van der Waals surface area contributed by atoms with Crippen molar-refractivity contribution in [2.45, 2.75) is 32.5 Å². The molecule has 0 spiro atoms. The van der Waals surface area contributed by atoms with Gasteiger partial charge in [-0.25, -0.2) is 9.59 Å². The van der Waals surface area contributed by atoms with E-state index in [1.165, 1.54) is 4.90 Å². The Bertz CT molecular complexity index is 327.